The molecule has 2 rings (SSSR count). The minimum Gasteiger partial charge on any atom is -0.247 e. The van der Waals surface area contributed by atoms with Crippen LogP contribution in [0.25, 0.3) is 0 Å². The van der Waals surface area contributed by atoms with Crippen LogP contribution in [0.3, 0.4) is 0 Å². The fraction of sp³-hybridized carbons (Fsp3) is 0.650. The zero-order valence-electron chi connectivity index (χ0n) is 16.8. The molecule has 1 saturated heterocycles. The largest absolute Gasteiger partial charge is 0.247 e. The fourth-order valence-electron chi connectivity index (χ4n) is 2.34. The molecule has 1 aromatic rings. The van der Waals surface area contributed by atoms with Crippen LogP contribution < -0.4 is 0 Å². The van der Waals surface area contributed by atoms with Crippen molar-refractivity contribution in [3.05, 3.63) is 24.3 Å². The number of hydrogen-bond donors (Lipinski definition) is 0. The number of piperidine rings is 1. The lowest BCUT2D eigenvalue weighted by atomic mass is 10.0. The molecule has 0 aliphatic carbocycles. The Hall–Kier alpha value is -0.670. The van der Waals surface area contributed by atoms with Crippen molar-refractivity contribution in [1.82, 2.24) is 8.61 Å². The molecule has 0 spiro atoms. The Kier molecular flexibility index (Phi) is 15.2. The van der Waals surface area contributed by atoms with Crippen molar-refractivity contribution in [2.45, 2.75) is 64.2 Å². The van der Waals surface area contributed by atoms with Crippen molar-refractivity contribution >= 4 is 23.9 Å². The molecule has 0 bridgehead atoms. The number of benzene rings is 1. The van der Waals surface area contributed by atoms with Crippen molar-refractivity contribution < 1.29 is 0 Å². The first-order valence-electron chi connectivity index (χ1n) is 9.60. The number of rotatable bonds is 6. The summed E-state index contributed by atoms with van der Waals surface area (Å²) in [4.78, 5) is 2.55. The van der Waals surface area contributed by atoms with Crippen LogP contribution in [-0.4, -0.2) is 34.8 Å². The maximum absolute atomic E-state index is 9.05. The molecule has 1 fully saturated rings. The smallest absolute Gasteiger partial charge is 0.0669 e. The molecule has 0 N–H and O–H groups in total. The molecule has 142 valence electrons. The normalized spacial score (nSPS) is 17.0. The Morgan fingerprint density at radius 1 is 1.08 bits per heavy atom. The molecule has 25 heavy (non-hydrogen) atoms. The van der Waals surface area contributed by atoms with Gasteiger partial charge in [-0.25, -0.2) is 8.61 Å². The number of nitriles is 1. The van der Waals surface area contributed by atoms with E-state index in [2.05, 4.69) is 52.8 Å². The molecule has 5 heteroatoms. The molecule has 3 nitrogen and oxygen atoms in total. The third-order valence-corrected chi connectivity index (χ3v) is 5.90. The molecule has 1 heterocycles. The first kappa shape index (κ1) is 24.3. The summed E-state index contributed by atoms with van der Waals surface area (Å²) in [6.45, 7) is 16.4. The van der Waals surface area contributed by atoms with Gasteiger partial charge in [0.25, 0.3) is 0 Å². The minimum absolute atomic E-state index is 0.198. The van der Waals surface area contributed by atoms with Crippen molar-refractivity contribution in [3.63, 3.8) is 0 Å². The lowest BCUT2D eigenvalue weighted by Gasteiger charge is -2.28. The van der Waals surface area contributed by atoms with E-state index in [1.165, 1.54) is 9.79 Å². The topological polar surface area (TPSA) is 30.3 Å². The Morgan fingerprint density at radius 2 is 1.64 bits per heavy atom. The predicted molar refractivity (Wildman–Crippen MR) is 114 cm³/mol. The highest BCUT2D eigenvalue weighted by Gasteiger charge is 2.20. The second-order valence-corrected chi connectivity index (χ2v) is 7.47. The summed E-state index contributed by atoms with van der Waals surface area (Å²) in [6.07, 6.45) is 2.17. The van der Waals surface area contributed by atoms with Gasteiger partial charge in [-0.05, 0) is 61.0 Å². The van der Waals surface area contributed by atoms with Crippen molar-refractivity contribution in [2.75, 3.05) is 26.2 Å². The minimum atomic E-state index is 0.198. The maximum Gasteiger partial charge on any atom is 0.0669 e. The second kappa shape index (κ2) is 15.6. The van der Waals surface area contributed by atoms with E-state index >= 15 is 0 Å². The number of hydrogen-bond acceptors (Lipinski definition) is 5. The molecule has 1 aliphatic heterocycles. The molecule has 1 aromatic carbocycles. The standard InChI is InChI=1S/C16H23N3S2.2C2H6/c1-3-18(4-2)20-15-7-9-16(10-8-15)21-19-11-5-6-14(12-17)13-19;2*1-2/h7-10,14H,3-6,11,13H2,1-2H3;2*1-2H3. The molecule has 1 unspecified atom stereocenters. The van der Waals surface area contributed by atoms with Gasteiger partial charge in [0.1, 0.15) is 0 Å². The fourth-order valence-corrected chi connectivity index (χ4v) is 4.19. The first-order valence-corrected chi connectivity index (χ1v) is 11.1. The summed E-state index contributed by atoms with van der Waals surface area (Å²) in [7, 11) is 0. The Balaban J connectivity index is 0.00000134. The molecular weight excluding hydrogens is 346 g/mol. The van der Waals surface area contributed by atoms with E-state index < -0.39 is 0 Å². The van der Waals surface area contributed by atoms with Gasteiger partial charge in [0.2, 0.25) is 0 Å². The van der Waals surface area contributed by atoms with Crippen molar-refractivity contribution in [2.24, 2.45) is 5.92 Å². The van der Waals surface area contributed by atoms with Crippen molar-refractivity contribution in [3.8, 4) is 6.07 Å². The Morgan fingerprint density at radius 3 is 2.16 bits per heavy atom. The van der Waals surface area contributed by atoms with Crippen LogP contribution in [0.5, 0.6) is 0 Å². The second-order valence-electron chi connectivity index (χ2n) is 5.12. The van der Waals surface area contributed by atoms with Gasteiger partial charge < -0.3 is 0 Å². The van der Waals surface area contributed by atoms with Gasteiger partial charge in [0, 0.05) is 36.0 Å². The quantitative estimate of drug-likeness (QED) is 0.537. The SMILES string of the molecule is CC.CC.CCN(CC)Sc1ccc(SN2CCCC(C#N)C2)cc1. The zero-order chi connectivity index (χ0) is 19.1. The molecule has 0 amide bonds. The van der Waals surface area contributed by atoms with Crippen LogP contribution in [0.15, 0.2) is 34.1 Å². The highest BCUT2D eigenvalue weighted by Crippen LogP contribution is 2.30. The van der Waals surface area contributed by atoms with Gasteiger partial charge in [-0.2, -0.15) is 5.26 Å². The number of nitrogens with zero attached hydrogens (tertiary/aromatic N) is 3. The summed E-state index contributed by atoms with van der Waals surface area (Å²) in [6, 6.07) is 11.2. The van der Waals surface area contributed by atoms with Gasteiger partial charge in [-0.3, -0.25) is 0 Å². The predicted octanol–water partition coefficient (Wildman–Crippen LogP) is 6.33. The van der Waals surface area contributed by atoms with Gasteiger partial charge >= 0.3 is 0 Å². The highest BCUT2D eigenvalue weighted by atomic mass is 32.2. The molecule has 0 saturated carbocycles. The van der Waals surface area contributed by atoms with Crippen LogP contribution >= 0.6 is 23.9 Å². The van der Waals surface area contributed by atoms with E-state index in [9.17, 15) is 0 Å². The van der Waals surface area contributed by atoms with E-state index in [4.69, 9.17) is 5.26 Å². The lowest BCUT2D eigenvalue weighted by Crippen LogP contribution is -2.29. The highest BCUT2D eigenvalue weighted by molar-refractivity contribution is 7.97. The van der Waals surface area contributed by atoms with Crippen LogP contribution in [0.4, 0.5) is 0 Å². The van der Waals surface area contributed by atoms with Crippen LogP contribution in [0.1, 0.15) is 54.4 Å². The third-order valence-electron chi connectivity index (χ3n) is 3.56. The Bertz CT molecular complexity index is 467. The molecular formula is C20H35N3S2. The third kappa shape index (κ3) is 9.55. The summed E-state index contributed by atoms with van der Waals surface area (Å²) in [5.41, 5.74) is 0. The zero-order valence-corrected chi connectivity index (χ0v) is 18.4. The molecule has 1 aliphatic rings. The van der Waals surface area contributed by atoms with Crippen LogP contribution in [0, 0.1) is 17.2 Å². The van der Waals surface area contributed by atoms with Crippen LogP contribution in [0.2, 0.25) is 0 Å². The average Bonchev–Trinajstić information content (AvgIpc) is 2.70. The monoisotopic (exact) mass is 381 g/mol. The van der Waals surface area contributed by atoms with E-state index in [-0.39, 0.29) is 5.92 Å². The van der Waals surface area contributed by atoms with Gasteiger partial charge in [0.05, 0.1) is 12.0 Å². The van der Waals surface area contributed by atoms with Gasteiger partial charge in [-0.1, -0.05) is 41.5 Å². The molecule has 1 atom stereocenters. The van der Waals surface area contributed by atoms with Crippen molar-refractivity contribution in [1.29, 1.82) is 5.26 Å². The maximum atomic E-state index is 9.05. The lowest BCUT2D eigenvalue weighted by molar-refractivity contribution is 0.330. The van der Waals surface area contributed by atoms with E-state index in [0.29, 0.717) is 0 Å². The first-order chi connectivity index (χ1) is 12.2. The van der Waals surface area contributed by atoms with E-state index in [1.807, 2.05) is 39.6 Å². The van der Waals surface area contributed by atoms with Crippen LogP contribution in [-0.2, 0) is 0 Å². The summed E-state index contributed by atoms with van der Waals surface area (Å²) >= 11 is 3.60. The average molecular weight is 382 g/mol. The summed E-state index contributed by atoms with van der Waals surface area (Å²) < 4.78 is 4.66. The van der Waals surface area contributed by atoms with Gasteiger partial charge in [-0.15, -0.1) is 0 Å². The Labute approximate surface area is 164 Å². The molecule has 0 aromatic heterocycles. The van der Waals surface area contributed by atoms with E-state index in [1.54, 1.807) is 11.9 Å². The van der Waals surface area contributed by atoms with E-state index in [0.717, 1.165) is 39.0 Å². The summed E-state index contributed by atoms with van der Waals surface area (Å²) in [5.74, 6) is 0.198. The van der Waals surface area contributed by atoms with Gasteiger partial charge in [0.15, 0.2) is 0 Å². The molecule has 0 radical (unpaired) electrons. The summed E-state index contributed by atoms with van der Waals surface area (Å²) in [5, 5.41) is 9.05.